The molecule has 0 aliphatic heterocycles. The molecule has 0 aromatic heterocycles. The molecular formula is C20H22O2. The standard InChI is InChI=1S/C20H22O2/c1-15-5-7-16(8-6-15)9-14-19(21)22-18-12-10-17(11-13-18)20(2,3)4/h5-14H,1-4H3/b14-9+. The van der Waals surface area contributed by atoms with E-state index >= 15 is 0 Å². The summed E-state index contributed by atoms with van der Waals surface area (Å²) in [7, 11) is 0. The molecule has 114 valence electrons. The predicted octanol–water partition coefficient (Wildman–Crippen LogP) is 4.91. The van der Waals surface area contributed by atoms with Crippen molar-refractivity contribution in [2.45, 2.75) is 33.1 Å². The Hall–Kier alpha value is -2.35. The molecule has 0 saturated carbocycles. The molecule has 0 aliphatic rings. The monoisotopic (exact) mass is 294 g/mol. The predicted molar refractivity (Wildman–Crippen MR) is 91.0 cm³/mol. The van der Waals surface area contributed by atoms with Crippen LogP contribution in [0.25, 0.3) is 6.08 Å². The highest BCUT2D eigenvalue weighted by Crippen LogP contribution is 2.24. The zero-order valence-corrected chi connectivity index (χ0v) is 13.6. The molecule has 0 spiro atoms. The molecule has 0 atom stereocenters. The van der Waals surface area contributed by atoms with Gasteiger partial charge in [0.05, 0.1) is 0 Å². The number of carbonyl (C=O) groups is 1. The highest BCUT2D eigenvalue weighted by Gasteiger charge is 2.13. The number of benzene rings is 2. The summed E-state index contributed by atoms with van der Waals surface area (Å²) in [6.07, 6.45) is 3.20. The zero-order chi connectivity index (χ0) is 16.2. The van der Waals surface area contributed by atoms with Crippen molar-refractivity contribution in [2.75, 3.05) is 0 Å². The molecule has 0 fully saturated rings. The Morgan fingerprint density at radius 3 is 2.09 bits per heavy atom. The normalized spacial score (nSPS) is 11.6. The first-order valence-corrected chi connectivity index (χ1v) is 7.42. The Morgan fingerprint density at radius 2 is 1.55 bits per heavy atom. The van der Waals surface area contributed by atoms with Crippen LogP contribution in [0.3, 0.4) is 0 Å². The van der Waals surface area contributed by atoms with Crippen molar-refractivity contribution in [1.82, 2.24) is 0 Å². The molecule has 0 heterocycles. The van der Waals surface area contributed by atoms with E-state index in [1.54, 1.807) is 6.08 Å². The molecule has 0 saturated heterocycles. The fourth-order valence-corrected chi connectivity index (χ4v) is 2.01. The molecule has 2 aromatic carbocycles. The third-order valence-corrected chi connectivity index (χ3v) is 3.43. The number of carbonyl (C=O) groups excluding carboxylic acids is 1. The van der Waals surface area contributed by atoms with Gasteiger partial charge in [-0.1, -0.05) is 62.7 Å². The third-order valence-electron chi connectivity index (χ3n) is 3.43. The molecule has 0 radical (unpaired) electrons. The highest BCUT2D eigenvalue weighted by atomic mass is 16.5. The van der Waals surface area contributed by atoms with Crippen LogP contribution in [0.1, 0.15) is 37.5 Å². The molecule has 0 N–H and O–H groups in total. The summed E-state index contributed by atoms with van der Waals surface area (Å²) in [6, 6.07) is 15.6. The van der Waals surface area contributed by atoms with E-state index in [1.807, 2.05) is 55.5 Å². The van der Waals surface area contributed by atoms with Gasteiger partial charge in [-0.15, -0.1) is 0 Å². The van der Waals surface area contributed by atoms with Gasteiger partial charge < -0.3 is 4.74 Å². The molecule has 2 aromatic rings. The Morgan fingerprint density at radius 1 is 0.955 bits per heavy atom. The topological polar surface area (TPSA) is 26.3 Å². The minimum absolute atomic E-state index is 0.0912. The maximum Gasteiger partial charge on any atom is 0.336 e. The summed E-state index contributed by atoms with van der Waals surface area (Å²) in [5.41, 5.74) is 3.47. The Labute approximate surface area is 132 Å². The van der Waals surface area contributed by atoms with E-state index in [1.165, 1.54) is 17.2 Å². The Balaban J connectivity index is 1.98. The molecule has 0 amide bonds. The van der Waals surface area contributed by atoms with E-state index in [4.69, 9.17) is 4.74 Å². The lowest BCUT2D eigenvalue weighted by Gasteiger charge is -2.18. The van der Waals surface area contributed by atoms with Crippen molar-refractivity contribution in [1.29, 1.82) is 0 Å². The lowest BCUT2D eigenvalue weighted by atomic mass is 9.87. The van der Waals surface area contributed by atoms with Gasteiger partial charge in [0.25, 0.3) is 0 Å². The average molecular weight is 294 g/mol. The SMILES string of the molecule is Cc1ccc(/C=C/C(=O)Oc2ccc(C(C)(C)C)cc2)cc1. The maximum absolute atomic E-state index is 11.8. The van der Waals surface area contributed by atoms with Gasteiger partial charge in [-0.2, -0.15) is 0 Å². The number of hydrogen-bond acceptors (Lipinski definition) is 2. The molecule has 2 rings (SSSR count). The average Bonchev–Trinajstić information content (AvgIpc) is 2.46. The lowest BCUT2D eigenvalue weighted by Crippen LogP contribution is -2.11. The van der Waals surface area contributed by atoms with Gasteiger partial charge in [0, 0.05) is 6.08 Å². The Kier molecular flexibility index (Phi) is 4.81. The molecule has 2 nitrogen and oxygen atoms in total. The number of aryl methyl sites for hydroxylation is 1. The van der Waals surface area contributed by atoms with Crippen LogP contribution in [0.4, 0.5) is 0 Å². The molecule has 22 heavy (non-hydrogen) atoms. The molecule has 0 unspecified atom stereocenters. The molecule has 0 aliphatic carbocycles. The van der Waals surface area contributed by atoms with Gasteiger partial charge in [-0.3, -0.25) is 0 Å². The van der Waals surface area contributed by atoms with Gasteiger partial charge in [0.15, 0.2) is 0 Å². The first kappa shape index (κ1) is 16.0. The highest BCUT2D eigenvalue weighted by molar-refractivity contribution is 5.88. The van der Waals surface area contributed by atoms with Crippen molar-refractivity contribution in [3.8, 4) is 5.75 Å². The van der Waals surface area contributed by atoms with E-state index < -0.39 is 0 Å². The summed E-state index contributed by atoms with van der Waals surface area (Å²) in [4.78, 5) is 11.8. The summed E-state index contributed by atoms with van der Waals surface area (Å²) in [5, 5.41) is 0. The first-order chi connectivity index (χ1) is 10.3. The van der Waals surface area contributed by atoms with Crippen LogP contribution in [0.2, 0.25) is 0 Å². The van der Waals surface area contributed by atoms with Crippen LogP contribution in [-0.2, 0) is 10.2 Å². The minimum Gasteiger partial charge on any atom is -0.423 e. The van der Waals surface area contributed by atoms with Crippen LogP contribution in [0, 0.1) is 6.92 Å². The van der Waals surface area contributed by atoms with Crippen LogP contribution in [0.15, 0.2) is 54.6 Å². The van der Waals surface area contributed by atoms with Crippen molar-refractivity contribution < 1.29 is 9.53 Å². The van der Waals surface area contributed by atoms with Crippen molar-refractivity contribution >= 4 is 12.0 Å². The van der Waals surface area contributed by atoms with Gasteiger partial charge in [-0.05, 0) is 41.7 Å². The molecule has 0 bridgehead atoms. The number of hydrogen-bond donors (Lipinski definition) is 0. The van der Waals surface area contributed by atoms with E-state index in [2.05, 4.69) is 20.8 Å². The van der Waals surface area contributed by atoms with Crippen molar-refractivity contribution in [3.63, 3.8) is 0 Å². The van der Waals surface area contributed by atoms with Gasteiger partial charge in [0.2, 0.25) is 0 Å². The molecular weight excluding hydrogens is 272 g/mol. The van der Waals surface area contributed by atoms with Crippen molar-refractivity contribution in [2.24, 2.45) is 0 Å². The smallest absolute Gasteiger partial charge is 0.336 e. The number of rotatable bonds is 3. The summed E-state index contributed by atoms with van der Waals surface area (Å²) in [5.74, 6) is 0.190. The minimum atomic E-state index is -0.371. The fraction of sp³-hybridized carbons (Fsp3) is 0.250. The van der Waals surface area contributed by atoms with Crippen LogP contribution < -0.4 is 4.74 Å². The van der Waals surface area contributed by atoms with Crippen LogP contribution in [0.5, 0.6) is 5.75 Å². The second-order valence-electron chi connectivity index (χ2n) is 6.44. The molecule has 2 heteroatoms. The maximum atomic E-state index is 11.8. The van der Waals surface area contributed by atoms with E-state index in [0.717, 1.165) is 5.56 Å². The zero-order valence-electron chi connectivity index (χ0n) is 13.6. The van der Waals surface area contributed by atoms with E-state index in [-0.39, 0.29) is 11.4 Å². The quantitative estimate of drug-likeness (QED) is 0.456. The van der Waals surface area contributed by atoms with Crippen molar-refractivity contribution in [3.05, 3.63) is 71.3 Å². The second-order valence-corrected chi connectivity index (χ2v) is 6.44. The summed E-state index contributed by atoms with van der Waals surface area (Å²) in [6.45, 7) is 8.48. The second kappa shape index (κ2) is 6.61. The largest absolute Gasteiger partial charge is 0.423 e. The third kappa shape index (κ3) is 4.59. The first-order valence-electron chi connectivity index (χ1n) is 7.42. The van der Waals surface area contributed by atoms with Gasteiger partial charge >= 0.3 is 5.97 Å². The lowest BCUT2D eigenvalue weighted by molar-refractivity contribution is -0.128. The van der Waals surface area contributed by atoms with E-state index in [9.17, 15) is 4.79 Å². The summed E-state index contributed by atoms with van der Waals surface area (Å²) >= 11 is 0. The number of esters is 1. The summed E-state index contributed by atoms with van der Waals surface area (Å²) < 4.78 is 5.30. The van der Waals surface area contributed by atoms with Gasteiger partial charge in [0.1, 0.15) is 5.75 Å². The van der Waals surface area contributed by atoms with Crippen LogP contribution in [-0.4, -0.2) is 5.97 Å². The number of ether oxygens (including phenoxy) is 1. The fourth-order valence-electron chi connectivity index (χ4n) is 2.01. The van der Waals surface area contributed by atoms with E-state index in [0.29, 0.717) is 5.75 Å². The Bertz CT molecular complexity index is 656. The van der Waals surface area contributed by atoms with Gasteiger partial charge in [-0.25, -0.2) is 4.79 Å². The van der Waals surface area contributed by atoms with Crippen LogP contribution >= 0.6 is 0 Å².